The molecule has 1 aliphatic rings. The Morgan fingerprint density at radius 2 is 2.07 bits per heavy atom. The highest BCUT2D eigenvalue weighted by atomic mass is 16.3. The van der Waals surface area contributed by atoms with E-state index in [9.17, 15) is 9.70 Å². The largest absolute Gasteiger partial charge is 0.300 e. The van der Waals surface area contributed by atoms with E-state index in [2.05, 4.69) is 5.29 Å². The maximum absolute atomic E-state index is 11.0. The van der Waals surface area contributed by atoms with E-state index < -0.39 is 5.54 Å². The molecule has 0 radical (unpaired) electrons. The predicted molar refractivity (Wildman–Crippen MR) is 54.6 cm³/mol. The third-order valence-corrected chi connectivity index (χ3v) is 2.61. The van der Waals surface area contributed by atoms with Crippen LogP contribution in [0.25, 0.3) is 0 Å². The van der Waals surface area contributed by atoms with E-state index in [-0.39, 0.29) is 5.78 Å². The van der Waals surface area contributed by atoms with Crippen molar-refractivity contribution in [3.63, 3.8) is 0 Å². The summed E-state index contributed by atoms with van der Waals surface area (Å²) in [5, 5.41) is 4.54. The summed E-state index contributed by atoms with van der Waals surface area (Å²) in [6.07, 6.45) is 2.75. The molecule has 4 heteroatoms. The van der Waals surface area contributed by atoms with E-state index in [0.717, 1.165) is 0 Å². The summed E-state index contributed by atoms with van der Waals surface area (Å²) in [4.78, 5) is 21.7. The summed E-state index contributed by atoms with van der Waals surface area (Å²) in [6, 6.07) is 0. The fourth-order valence-corrected chi connectivity index (χ4v) is 1.64. The minimum Gasteiger partial charge on any atom is -0.300 e. The van der Waals surface area contributed by atoms with E-state index in [0.29, 0.717) is 18.9 Å². The number of Topliss-reactive ketones (excluding diaryl/α,β-unsaturated/α-hetero) is 1. The van der Waals surface area contributed by atoms with Crippen molar-refractivity contribution in [1.29, 1.82) is 0 Å². The summed E-state index contributed by atoms with van der Waals surface area (Å²) in [5.74, 6) is 0.707. The topological polar surface area (TPSA) is 49.7 Å². The number of ketones is 1. The average Bonchev–Trinajstić information content (AvgIpc) is 2.80. The van der Waals surface area contributed by atoms with Crippen molar-refractivity contribution in [2.75, 3.05) is 6.54 Å². The van der Waals surface area contributed by atoms with Gasteiger partial charge in [-0.25, -0.2) is 0 Å². The van der Waals surface area contributed by atoms with Crippen molar-refractivity contribution in [1.82, 2.24) is 5.01 Å². The second-order valence-corrected chi connectivity index (χ2v) is 4.80. The number of rotatable bonds is 6. The predicted octanol–water partition coefficient (Wildman–Crippen LogP) is 2.14. The fraction of sp³-hybridized carbons (Fsp3) is 0.900. The zero-order chi connectivity index (χ0) is 10.8. The Hall–Kier alpha value is -0.930. The van der Waals surface area contributed by atoms with E-state index in [1.54, 1.807) is 6.92 Å². The number of hydrogen-bond acceptors (Lipinski definition) is 3. The van der Waals surface area contributed by atoms with Crippen LogP contribution in [0.5, 0.6) is 0 Å². The Balaban J connectivity index is 2.54. The Morgan fingerprint density at radius 1 is 1.50 bits per heavy atom. The Kier molecular flexibility index (Phi) is 3.24. The Labute approximate surface area is 84.6 Å². The highest BCUT2D eigenvalue weighted by Gasteiger charge is 2.33. The van der Waals surface area contributed by atoms with Crippen molar-refractivity contribution in [3.05, 3.63) is 4.91 Å². The third-order valence-electron chi connectivity index (χ3n) is 2.61. The summed E-state index contributed by atoms with van der Waals surface area (Å²) >= 11 is 0. The number of hydrogen-bond donors (Lipinski definition) is 0. The van der Waals surface area contributed by atoms with Gasteiger partial charge < -0.3 is 0 Å². The molecule has 0 aromatic heterocycles. The van der Waals surface area contributed by atoms with Gasteiger partial charge in [0.2, 0.25) is 0 Å². The molecule has 0 bridgehead atoms. The van der Waals surface area contributed by atoms with Gasteiger partial charge in [0.25, 0.3) is 0 Å². The SMILES string of the molecule is CC(=O)CC(C)(C)N(CC1CC1)N=O. The van der Waals surface area contributed by atoms with E-state index in [1.165, 1.54) is 17.9 Å². The highest BCUT2D eigenvalue weighted by molar-refractivity contribution is 5.76. The maximum Gasteiger partial charge on any atom is 0.132 e. The lowest BCUT2D eigenvalue weighted by molar-refractivity contribution is -0.119. The smallest absolute Gasteiger partial charge is 0.132 e. The molecule has 0 amide bonds. The van der Waals surface area contributed by atoms with Crippen molar-refractivity contribution in [2.45, 2.75) is 45.6 Å². The van der Waals surface area contributed by atoms with Crippen LogP contribution < -0.4 is 0 Å². The molecular weight excluding hydrogens is 180 g/mol. The molecule has 1 aliphatic carbocycles. The van der Waals surface area contributed by atoms with Gasteiger partial charge in [0, 0.05) is 13.0 Å². The van der Waals surface area contributed by atoms with Gasteiger partial charge in [-0.15, -0.1) is 4.91 Å². The molecule has 1 rings (SSSR count). The van der Waals surface area contributed by atoms with Gasteiger partial charge in [-0.3, -0.25) is 9.80 Å². The fourth-order valence-electron chi connectivity index (χ4n) is 1.64. The first-order valence-corrected chi connectivity index (χ1v) is 5.06. The molecule has 0 aromatic carbocycles. The second kappa shape index (κ2) is 4.07. The Morgan fingerprint density at radius 3 is 2.43 bits per heavy atom. The van der Waals surface area contributed by atoms with Gasteiger partial charge in [-0.05, 0) is 39.5 Å². The molecule has 4 nitrogen and oxygen atoms in total. The minimum atomic E-state index is -0.434. The van der Waals surface area contributed by atoms with Crippen LogP contribution in [-0.4, -0.2) is 22.9 Å². The number of carbonyl (C=O) groups is 1. The summed E-state index contributed by atoms with van der Waals surface area (Å²) in [6.45, 7) is 6.02. The number of carbonyl (C=O) groups excluding carboxylic acids is 1. The van der Waals surface area contributed by atoms with Crippen molar-refractivity contribution >= 4 is 5.78 Å². The molecule has 0 unspecified atom stereocenters. The minimum absolute atomic E-state index is 0.0967. The van der Waals surface area contributed by atoms with Crippen molar-refractivity contribution in [2.24, 2.45) is 11.2 Å². The van der Waals surface area contributed by atoms with Crippen LogP contribution in [0.3, 0.4) is 0 Å². The number of nitrogens with zero attached hydrogens (tertiary/aromatic N) is 2. The highest BCUT2D eigenvalue weighted by Crippen LogP contribution is 2.32. The first kappa shape index (κ1) is 11.1. The quantitative estimate of drug-likeness (QED) is 0.485. The zero-order valence-corrected chi connectivity index (χ0v) is 9.12. The molecule has 14 heavy (non-hydrogen) atoms. The third kappa shape index (κ3) is 3.09. The average molecular weight is 198 g/mol. The van der Waals surface area contributed by atoms with Crippen LogP contribution in [0.1, 0.15) is 40.0 Å². The molecular formula is C10H18N2O2. The first-order chi connectivity index (χ1) is 6.45. The lowest BCUT2D eigenvalue weighted by atomic mass is 9.97. The van der Waals surface area contributed by atoms with E-state index in [4.69, 9.17) is 0 Å². The van der Waals surface area contributed by atoms with Gasteiger partial charge in [-0.2, -0.15) is 0 Å². The summed E-state index contributed by atoms with van der Waals surface area (Å²) in [5.41, 5.74) is -0.434. The monoisotopic (exact) mass is 198 g/mol. The standard InChI is InChI=1S/C10H18N2O2/c1-8(13)6-10(2,3)12(11-14)7-9-4-5-9/h9H,4-7H2,1-3H3. The van der Waals surface area contributed by atoms with Crippen molar-refractivity contribution < 1.29 is 4.79 Å². The molecule has 80 valence electrons. The molecule has 0 aromatic rings. The molecule has 0 N–H and O–H groups in total. The van der Waals surface area contributed by atoms with Crippen LogP contribution in [0, 0.1) is 10.8 Å². The van der Waals surface area contributed by atoms with Crippen molar-refractivity contribution in [3.8, 4) is 0 Å². The van der Waals surface area contributed by atoms with Gasteiger partial charge in [0.15, 0.2) is 0 Å². The maximum atomic E-state index is 11.0. The molecule has 0 saturated heterocycles. The first-order valence-electron chi connectivity index (χ1n) is 5.06. The van der Waals surface area contributed by atoms with Crippen LogP contribution in [0.2, 0.25) is 0 Å². The van der Waals surface area contributed by atoms with Gasteiger partial charge in [-0.1, -0.05) is 0 Å². The number of nitroso groups, excluding NO2 is 1. The van der Waals surface area contributed by atoms with Crippen LogP contribution in [-0.2, 0) is 4.79 Å². The van der Waals surface area contributed by atoms with E-state index in [1.807, 2.05) is 13.8 Å². The molecule has 1 saturated carbocycles. The normalized spacial score (nSPS) is 16.5. The van der Waals surface area contributed by atoms with Gasteiger partial charge in [0.1, 0.15) is 5.78 Å². The van der Waals surface area contributed by atoms with Crippen LogP contribution >= 0.6 is 0 Å². The zero-order valence-electron chi connectivity index (χ0n) is 9.12. The summed E-state index contributed by atoms with van der Waals surface area (Å²) < 4.78 is 0. The lowest BCUT2D eigenvalue weighted by Crippen LogP contribution is -2.42. The Bertz CT molecular complexity index is 234. The second-order valence-electron chi connectivity index (χ2n) is 4.80. The van der Waals surface area contributed by atoms with Gasteiger partial charge >= 0.3 is 0 Å². The van der Waals surface area contributed by atoms with Crippen LogP contribution in [0.4, 0.5) is 0 Å². The molecule has 0 heterocycles. The lowest BCUT2D eigenvalue weighted by Gasteiger charge is -2.32. The van der Waals surface area contributed by atoms with Gasteiger partial charge in [0.05, 0.1) is 10.8 Å². The molecule has 0 spiro atoms. The molecule has 0 aliphatic heterocycles. The van der Waals surface area contributed by atoms with Crippen LogP contribution in [0.15, 0.2) is 5.29 Å². The molecule has 1 fully saturated rings. The molecule has 0 atom stereocenters. The summed E-state index contributed by atoms with van der Waals surface area (Å²) in [7, 11) is 0. The van der Waals surface area contributed by atoms with E-state index >= 15 is 0 Å².